The average molecular weight is 271 g/mol. The highest BCUT2D eigenvalue weighted by Crippen LogP contribution is 2.08. The van der Waals surface area contributed by atoms with Gasteiger partial charge in [-0.15, -0.1) is 0 Å². The molecule has 2 rings (SSSR count). The number of hydrogen-bond donors (Lipinski definition) is 3. The van der Waals surface area contributed by atoms with E-state index in [1.54, 1.807) is 0 Å². The molecule has 1 saturated heterocycles. The Morgan fingerprint density at radius 2 is 2.11 bits per heavy atom. The van der Waals surface area contributed by atoms with Crippen molar-refractivity contribution in [1.82, 2.24) is 15.0 Å². The van der Waals surface area contributed by atoms with Crippen molar-refractivity contribution in [2.45, 2.75) is 23.8 Å². The zero-order valence-corrected chi connectivity index (χ0v) is 10.3. The molecule has 0 spiro atoms. The molecule has 2 heterocycles. The Morgan fingerprint density at radius 3 is 2.67 bits per heavy atom. The van der Waals surface area contributed by atoms with Gasteiger partial charge in [-0.3, -0.25) is 9.59 Å². The number of pyridine rings is 1. The first-order chi connectivity index (χ1) is 8.47. The SMILES string of the molecule is O=C1CCC(CNS(=O)(=O)c2ccc(=O)[nH]c2)N1. The highest BCUT2D eigenvalue weighted by atomic mass is 32.2. The lowest BCUT2D eigenvalue weighted by Crippen LogP contribution is -2.38. The summed E-state index contributed by atoms with van der Waals surface area (Å²) in [5, 5.41) is 2.66. The van der Waals surface area contributed by atoms with Gasteiger partial charge in [0.1, 0.15) is 0 Å². The molecule has 1 atom stereocenters. The van der Waals surface area contributed by atoms with Crippen molar-refractivity contribution in [2.24, 2.45) is 0 Å². The molecule has 1 aliphatic rings. The maximum absolute atomic E-state index is 11.8. The van der Waals surface area contributed by atoms with Gasteiger partial charge in [0, 0.05) is 31.3 Å². The van der Waals surface area contributed by atoms with Crippen molar-refractivity contribution < 1.29 is 13.2 Å². The van der Waals surface area contributed by atoms with Crippen LogP contribution in [0.25, 0.3) is 0 Å². The van der Waals surface area contributed by atoms with Crippen molar-refractivity contribution in [3.05, 3.63) is 28.7 Å². The second kappa shape index (κ2) is 4.91. The van der Waals surface area contributed by atoms with E-state index in [0.717, 1.165) is 12.3 Å². The van der Waals surface area contributed by atoms with E-state index in [0.29, 0.717) is 12.8 Å². The van der Waals surface area contributed by atoms with E-state index in [2.05, 4.69) is 15.0 Å². The van der Waals surface area contributed by atoms with Crippen LogP contribution >= 0.6 is 0 Å². The Labute approximate surface area is 104 Å². The Morgan fingerprint density at radius 1 is 1.33 bits per heavy atom. The van der Waals surface area contributed by atoms with Gasteiger partial charge in [-0.1, -0.05) is 0 Å². The lowest BCUT2D eigenvalue weighted by atomic mass is 10.2. The van der Waals surface area contributed by atoms with Gasteiger partial charge < -0.3 is 10.3 Å². The van der Waals surface area contributed by atoms with Crippen LogP contribution in [-0.4, -0.2) is 31.9 Å². The first-order valence-corrected chi connectivity index (χ1v) is 6.93. The predicted molar refractivity (Wildman–Crippen MR) is 63.4 cm³/mol. The fourth-order valence-corrected chi connectivity index (χ4v) is 2.74. The van der Waals surface area contributed by atoms with Gasteiger partial charge in [0.2, 0.25) is 21.5 Å². The van der Waals surface area contributed by atoms with Crippen molar-refractivity contribution in [2.75, 3.05) is 6.54 Å². The zero-order chi connectivity index (χ0) is 13.2. The van der Waals surface area contributed by atoms with Crippen molar-refractivity contribution in [3.8, 4) is 0 Å². The molecule has 1 aromatic heterocycles. The highest BCUT2D eigenvalue weighted by Gasteiger charge is 2.23. The summed E-state index contributed by atoms with van der Waals surface area (Å²) in [6, 6.07) is 2.20. The van der Waals surface area contributed by atoms with E-state index in [9.17, 15) is 18.0 Å². The minimum atomic E-state index is -3.65. The van der Waals surface area contributed by atoms with Gasteiger partial charge >= 0.3 is 0 Å². The van der Waals surface area contributed by atoms with Crippen LogP contribution in [-0.2, 0) is 14.8 Å². The molecule has 1 unspecified atom stereocenters. The van der Waals surface area contributed by atoms with E-state index in [-0.39, 0.29) is 28.9 Å². The maximum atomic E-state index is 11.8. The molecule has 0 aromatic carbocycles. The van der Waals surface area contributed by atoms with Gasteiger partial charge in [0.05, 0.1) is 4.90 Å². The monoisotopic (exact) mass is 271 g/mol. The number of amides is 1. The summed E-state index contributed by atoms with van der Waals surface area (Å²) in [4.78, 5) is 24.1. The quantitative estimate of drug-likeness (QED) is 0.648. The van der Waals surface area contributed by atoms with Crippen LogP contribution in [0.2, 0.25) is 0 Å². The second-order valence-electron chi connectivity index (χ2n) is 4.04. The normalized spacial score (nSPS) is 19.8. The van der Waals surface area contributed by atoms with E-state index >= 15 is 0 Å². The summed E-state index contributed by atoms with van der Waals surface area (Å²) in [5.74, 6) is -0.0664. The third kappa shape index (κ3) is 2.96. The summed E-state index contributed by atoms with van der Waals surface area (Å²) >= 11 is 0. The Hall–Kier alpha value is -1.67. The van der Waals surface area contributed by atoms with Crippen LogP contribution < -0.4 is 15.6 Å². The highest BCUT2D eigenvalue weighted by molar-refractivity contribution is 7.89. The molecule has 1 aromatic rings. The number of nitrogens with one attached hydrogen (secondary N) is 3. The third-order valence-electron chi connectivity index (χ3n) is 2.67. The molecule has 3 N–H and O–H groups in total. The van der Waals surface area contributed by atoms with Crippen molar-refractivity contribution in [3.63, 3.8) is 0 Å². The summed E-state index contributed by atoms with van der Waals surface area (Å²) in [7, 11) is -3.65. The molecule has 0 aliphatic carbocycles. The molecule has 1 fully saturated rings. The fraction of sp³-hybridized carbons (Fsp3) is 0.400. The molecule has 0 radical (unpaired) electrons. The number of aromatic nitrogens is 1. The fourth-order valence-electron chi connectivity index (χ4n) is 1.69. The molecular formula is C10H13N3O4S. The Balaban J connectivity index is 2.01. The van der Waals surface area contributed by atoms with Crippen LogP contribution in [0.15, 0.2) is 28.0 Å². The molecule has 1 aliphatic heterocycles. The summed E-state index contributed by atoms with van der Waals surface area (Å²) in [6.45, 7) is 0.146. The van der Waals surface area contributed by atoms with Gasteiger partial charge in [-0.25, -0.2) is 13.1 Å². The third-order valence-corrected chi connectivity index (χ3v) is 4.09. The van der Waals surface area contributed by atoms with E-state index in [4.69, 9.17) is 0 Å². The molecule has 8 heteroatoms. The smallest absolute Gasteiger partial charge is 0.247 e. The summed E-state index contributed by atoms with van der Waals surface area (Å²) in [5.41, 5.74) is -0.364. The van der Waals surface area contributed by atoms with Crippen LogP contribution in [0.5, 0.6) is 0 Å². The first-order valence-electron chi connectivity index (χ1n) is 5.45. The van der Waals surface area contributed by atoms with Gasteiger partial charge in [-0.05, 0) is 12.5 Å². The van der Waals surface area contributed by atoms with E-state index in [1.165, 1.54) is 6.07 Å². The largest absolute Gasteiger partial charge is 0.352 e. The second-order valence-corrected chi connectivity index (χ2v) is 5.81. The number of carbonyl (C=O) groups excluding carboxylic acids is 1. The first kappa shape index (κ1) is 12.8. The van der Waals surface area contributed by atoms with Crippen LogP contribution in [0.3, 0.4) is 0 Å². The molecule has 0 saturated carbocycles. The lowest BCUT2D eigenvalue weighted by Gasteiger charge is -2.11. The van der Waals surface area contributed by atoms with Crippen molar-refractivity contribution in [1.29, 1.82) is 0 Å². The average Bonchev–Trinajstić information content (AvgIpc) is 2.73. The Kier molecular flexibility index (Phi) is 3.48. The van der Waals surface area contributed by atoms with Gasteiger partial charge in [0.15, 0.2) is 0 Å². The standard InChI is InChI=1S/C10H13N3O4S/c14-9-4-2-8(6-11-9)18(16,17)12-5-7-1-3-10(15)13-7/h2,4,6-7,12H,1,3,5H2,(H,11,14)(H,13,15). The topological polar surface area (TPSA) is 108 Å². The molecule has 0 bridgehead atoms. The molecule has 1 amide bonds. The maximum Gasteiger partial charge on any atom is 0.247 e. The van der Waals surface area contributed by atoms with Crippen LogP contribution in [0, 0.1) is 0 Å². The predicted octanol–water partition coefficient (Wildman–Crippen LogP) is -1.07. The number of sulfonamides is 1. The van der Waals surface area contributed by atoms with Crippen LogP contribution in [0.4, 0.5) is 0 Å². The lowest BCUT2D eigenvalue weighted by molar-refractivity contribution is -0.119. The van der Waals surface area contributed by atoms with Crippen molar-refractivity contribution >= 4 is 15.9 Å². The summed E-state index contributed by atoms with van der Waals surface area (Å²) in [6.07, 6.45) is 2.18. The minimum absolute atomic E-state index is 0.00794. The van der Waals surface area contributed by atoms with E-state index in [1.807, 2.05) is 0 Å². The Bertz CT molecular complexity index is 587. The molecule has 18 heavy (non-hydrogen) atoms. The van der Waals surface area contributed by atoms with E-state index < -0.39 is 10.0 Å². The molecule has 98 valence electrons. The van der Waals surface area contributed by atoms with Gasteiger partial charge in [0.25, 0.3) is 0 Å². The summed E-state index contributed by atoms with van der Waals surface area (Å²) < 4.78 is 26.1. The van der Waals surface area contributed by atoms with Crippen LogP contribution in [0.1, 0.15) is 12.8 Å². The number of hydrogen-bond acceptors (Lipinski definition) is 4. The number of rotatable bonds is 4. The molecule has 7 nitrogen and oxygen atoms in total. The zero-order valence-electron chi connectivity index (χ0n) is 9.47. The number of aromatic amines is 1. The van der Waals surface area contributed by atoms with Gasteiger partial charge in [-0.2, -0.15) is 0 Å². The number of H-pyrrole nitrogens is 1. The number of carbonyl (C=O) groups is 1. The minimum Gasteiger partial charge on any atom is -0.352 e. The molecular weight excluding hydrogens is 258 g/mol.